The third-order valence-electron chi connectivity index (χ3n) is 3.85. The summed E-state index contributed by atoms with van der Waals surface area (Å²) in [6.07, 6.45) is 1.53. The van der Waals surface area contributed by atoms with E-state index in [0.29, 0.717) is 10.7 Å². The van der Waals surface area contributed by atoms with Crippen LogP contribution in [0.15, 0.2) is 24.3 Å². The van der Waals surface area contributed by atoms with Crippen molar-refractivity contribution >= 4 is 29.1 Å². The molecule has 0 unspecified atom stereocenters. The van der Waals surface area contributed by atoms with E-state index in [1.807, 2.05) is 0 Å². The number of nitrogens with one attached hydrogen (secondary N) is 3. The molecule has 0 saturated carbocycles. The lowest BCUT2D eigenvalue weighted by atomic mass is 9.79. The Kier molecular flexibility index (Phi) is 5.01. The van der Waals surface area contributed by atoms with Gasteiger partial charge in [0.15, 0.2) is 0 Å². The smallest absolute Gasteiger partial charge is 0.313 e. The molecule has 5 nitrogen and oxygen atoms in total. The number of hydrogen-bond acceptors (Lipinski definition) is 3. The number of anilines is 1. The maximum Gasteiger partial charge on any atom is 0.313 e. The number of carbonyl (C=O) groups is 2. The second kappa shape index (κ2) is 6.49. The predicted octanol–water partition coefficient (Wildman–Crippen LogP) is 2.70. The standard InChI is InChI=1S/C17H24ClN3O2/c1-16(2)9-11(10-17(3,4)21-16)19-14(22)15(23)20-13-8-6-5-7-12(13)18/h5-8,11,21H,9-10H2,1-4H3,(H,19,22)(H,20,23). The van der Waals surface area contributed by atoms with Gasteiger partial charge >= 0.3 is 11.8 Å². The topological polar surface area (TPSA) is 70.2 Å². The zero-order valence-corrected chi connectivity index (χ0v) is 14.8. The molecule has 1 fully saturated rings. The normalized spacial score (nSPS) is 19.9. The fourth-order valence-electron chi connectivity index (χ4n) is 3.42. The molecular formula is C17H24ClN3O2. The molecule has 1 aromatic carbocycles. The molecule has 0 aromatic heterocycles. The second-order valence-corrected chi connectivity index (χ2v) is 7.81. The summed E-state index contributed by atoms with van der Waals surface area (Å²) >= 11 is 5.98. The minimum atomic E-state index is -0.702. The van der Waals surface area contributed by atoms with Crippen LogP contribution in [0.4, 0.5) is 5.69 Å². The van der Waals surface area contributed by atoms with Crippen LogP contribution < -0.4 is 16.0 Å². The molecule has 0 bridgehead atoms. The average Bonchev–Trinajstić information content (AvgIpc) is 2.37. The summed E-state index contributed by atoms with van der Waals surface area (Å²) in [5.74, 6) is -1.34. The number of halogens is 1. The maximum atomic E-state index is 12.2. The second-order valence-electron chi connectivity index (χ2n) is 7.41. The summed E-state index contributed by atoms with van der Waals surface area (Å²) in [4.78, 5) is 24.2. The number of amides is 2. The summed E-state index contributed by atoms with van der Waals surface area (Å²) in [5.41, 5.74) is 0.234. The van der Waals surface area contributed by atoms with Gasteiger partial charge in [0.2, 0.25) is 0 Å². The van der Waals surface area contributed by atoms with E-state index in [0.717, 1.165) is 12.8 Å². The molecule has 1 aromatic rings. The molecule has 2 rings (SSSR count). The number of rotatable bonds is 2. The summed E-state index contributed by atoms with van der Waals surface area (Å²) < 4.78 is 0. The maximum absolute atomic E-state index is 12.2. The Bertz CT molecular complexity index is 598. The lowest BCUT2D eigenvalue weighted by Gasteiger charge is -2.46. The Labute approximate surface area is 142 Å². The summed E-state index contributed by atoms with van der Waals surface area (Å²) in [6, 6.07) is 6.77. The minimum Gasteiger partial charge on any atom is -0.345 e. The summed E-state index contributed by atoms with van der Waals surface area (Å²) in [5, 5.41) is 9.32. The number of carbonyl (C=O) groups excluding carboxylic acids is 2. The fourth-order valence-corrected chi connectivity index (χ4v) is 3.60. The van der Waals surface area contributed by atoms with E-state index in [9.17, 15) is 9.59 Å². The van der Waals surface area contributed by atoms with Crippen LogP contribution in [0.2, 0.25) is 5.02 Å². The van der Waals surface area contributed by atoms with E-state index >= 15 is 0 Å². The molecule has 0 radical (unpaired) electrons. The first-order chi connectivity index (χ1) is 10.6. The molecule has 6 heteroatoms. The first-order valence-corrected chi connectivity index (χ1v) is 8.11. The van der Waals surface area contributed by atoms with Crippen molar-refractivity contribution in [3.8, 4) is 0 Å². The third-order valence-corrected chi connectivity index (χ3v) is 4.18. The van der Waals surface area contributed by atoms with Crippen LogP contribution in [0, 0.1) is 0 Å². The highest BCUT2D eigenvalue weighted by Crippen LogP contribution is 2.28. The van der Waals surface area contributed by atoms with Crippen molar-refractivity contribution in [2.75, 3.05) is 5.32 Å². The lowest BCUT2D eigenvalue weighted by molar-refractivity contribution is -0.137. The Hall–Kier alpha value is -1.59. The van der Waals surface area contributed by atoms with Crippen molar-refractivity contribution in [2.24, 2.45) is 0 Å². The van der Waals surface area contributed by atoms with Gasteiger partial charge in [-0.3, -0.25) is 9.59 Å². The van der Waals surface area contributed by atoms with Crippen molar-refractivity contribution in [3.63, 3.8) is 0 Å². The van der Waals surface area contributed by atoms with Crippen LogP contribution >= 0.6 is 11.6 Å². The van der Waals surface area contributed by atoms with Gasteiger partial charge in [0.05, 0.1) is 10.7 Å². The third kappa shape index (κ3) is 4.94. The monoisotopic (exact) mass is 337 g/mol. The van der Waals surface area contributed by atoms with E-state index in [4.69, 9.17) is 11.6 Å². The lowest BCUT2D eigenvalue weighted by Crippen LogP contribution is -2.62. The first-order valence-electron chi connectivity index (χ1n) is 7.74. The molecular weight excluding hydrogens is 314 g/mol. The Morgan fingerprint density at radius 1 is 1.09 bits per heavy atom. The van der Waals surface area contributed by atoms with Gasteiger partial charge in [-0.1, -0.05) is 23.7 Å². The quantitative estimate of drug-likeness (QED) is 0.727. The number of benzene rings is 1. The molecule has 1 saturated heterocycles. The molecule has 0 aliphatic carbocycles. The Morgan fingerprint density at radius 2 is 1.65 bits per heavy atom. The van der Waals surface area contributed by atoms with E-state index in [2.05, 4.69) is 43.6 Å². The highest BCUT2D eigenvalue weighted by atomic mass is 35.5. The van der Waals surface area contributed by atoms with E-state index in [1.54, 1.807) is 24.3 Å². The van der Waals surface area contributed by atoms with Gasteiger partial charge in [0, 0.05) is 17.1 Å². The van der Waals surface area contributed by atoms with E-state index in [1.165, 1.54) is 0 Å². The SMILES string of the molecule is CC1(C)CC(NC(=O)C(=O)Nc2ccccc2Cl)CC(C)(C)N1. The number of para-hydroxylation sites is 1. The number of hydrogen-bond donors (Lipinski definition) is 3. The molecule has 23 heavy (non-hydrogen) atoms. The van der Waals surface area contributed by atoms with Crippen LogP contribution in [-0.2, 0) is 9.59 Å². The highest BCUT2D eigenvalue weighted by molar-refractivity contribution is 6.41. The van der Waals surface area contributed by atoms with Gasteiger partial charge in [-0.2, -0.15) is 0 Å². The van der Waals surface area contributed by atoms with Crippen molar-refractivity contribution < 1.29 is 9.59 Å². The van der Waals surface area contributed by atoms with Crippen molar-refractivity contribution in [2.45, 2.75) is 57.7 Å². The molecule has 1 aliphatic rings. The Morgan fingerprint density at radius 3 is 2.22 bits per heavy atom. The van der Waals surface area contributed by atoms with Gasteiger partial charge in [-0.25, -0.2) is 0 Å². The Balaban J connectivity index is 1.98. The summed E-state index contributed by atoms with van der Waals surface area (Å²) in [6.45, 7) is 8.38. The van der Waals surface area contributed by atoms with Gasteiger partial charge in [0.25, 0.3) is 0 Å². The van der Waals surface area contributed by atoms with E-state index < -0.39 is 11.8 Å². The largest absolute Gasteiger partial charge is 0.345 e. The van der Waals surface area contributed by atoms with Crippen LogP contribution in [-0.4, -0.2) is 28.9 Å². The van der Waals surface area contributed by atoms with Crippen LogP contribution in [0.5, 0.6) is 0 Å². The molecule has 0 atom stereocenters. The molecule has 3 N–H and O–H groups in total. The minimum absolute atomic E-state index is 0.0502. The summed E-state index contributed by atoms with van der Waals surface area (Å²) in [7, 11) is 0. The van der Waals surface area contributed by atoms with Crippen molar-refractivity contribution in [3.05, 3.63) is 29.3 Å². The molecule has 1 aliphatic heterocycles. The zero-order chi connectivity index (χ0) is 17.3. The fraction of sp³-hybridized carbons (Fsp3) is 0.529. The van der Waals surface area contributed by atoms with Crippen molar-refractivity contribution in [1.82, 2.24) is 10.6 Å². The number of piperidine rings is 1. The van der Waals surface area contributed by atoms with Crippen molar-refractivity contribution in [1.29, 1.82) is 0 Å². The van der Waals surface area contributed by atoms with Crippen LogP contribution in [0.25, 0.3) is 0 Å². The van der Waals surface area contributed by atoms with E-state index in [-0.39, 0.29) is 17.1 Å². The molecule has 1 heterocycles. The van der Waals surface area contributed by atoms with Crippen LogP contribution in [0.3, 0.4) is 0 Å². The van der Waals surface area contributed by atoms with Crippen LogP contribution in [0.1, 0.15) is 40.5 Å². The van der Waals surface area contributed by atoms with Gasteiger partial charge in [0.1, 0.15) is 0 Å². The predicted molar refractivity (Wildman–Crippen MR) is 92.5 cm³/mol. The highest BCUT2D eigenvalue weighted by Gasteiger charge is 2.38. The van der Waals surface area contributed by atoms with Gasteiger partial charge in [-0.15, -0.1) is 0 Å². The first kappa shape index (κ1) is 17.8. The molecule has 2 amide bonds. The van der Waals surface area contributed by atoms with Gasteiger partial charge < -0.3 is 16.0 Å². The molecule has 126 valence electrons. The van der Waals surface area contributed by atoms with Gasteiger partial charge in [-0.05, 0) is 52.7 Å². The molecule has 0 spiro atoms. The average molecular weight is 338 g/mol. The zero-order valence-electron chi connectivity index (χ0n) is 14.0.